The van der Waals surface area contributed by atoms with Crippen molar-refractivity contribution >= 4 is 5.69 Å². The quantitative estimate of drug-likeness (QED) is 0.820. The smallest absolute Gasteiger partial charge is 0.0363 e. The summed E-state index contributed by atoms with van der Waals surface area (Å²) in [7, 11) is 2.13. The minimum absolute atomic E-state index is 0.120. The van der Waals surface area contributed by atoms with E-state index in [4.69, 9.17) is 5.73 Å². The fourth-order valence-electron chi connectivity index (χ4n) is 1.69. The lowest BCUT2D eigenvalue weighted by atomic mass is 10.1. The molecule has 0 aliphatic rings. The molecule has 2 heteroatoms. The Labute approximate surface area is 93.1 Å². The molecule has 1 atom stereocenters. The van der Waals surface area contributed by atoms with Crippen LogP contribution in [0.1, 0.15) is 32.4 Å². The van der Waals surface area contributed by atoms with Crippen LogP contribution in [0.4, 0.5) is 5.69 Å². The van der Waals surface area contributed by atoms with Crippen LogP contribution in [-0.4, -0.2) is 13.6 Å². The number of rotatable bonds is 4. The summed E-state index contributed by atoms with van der Waals surface area (Å²) in [4.78, 5) is 2.27. The summed E-state index contributed by atoms with van der Waals surface area (Å²) < 4.78 is 0. The number of anilines is 1. The van der Waals surface area contributed by atoms with Crippen molar-refractivity contribution in [2.24, 2.45) is 11.7 Å². The summed E-state index contributed by atoms with van der Waals surface area (Å²) in [5, 5.41) is 0. The normalized spacial score (nSPS) is 12.9. The van der Waals surface area contributed by atoms with Gasteiger partial charge in [0, 0.05) is 25.3 Å². The van der Waals surface area contributed by atoms with Crippen LogP contribution in [0.5, 0.6) is 0 Å². The van der Waals surface area contributed by atoms with Gasteiger partial charge in [0.15, 0.2) is 0 Å². The maximum atomic E-state index is 5.81. The molecular formula is C13H22N2. The van der Waals surface area contributed by atoms with Gasteiger partial charge in [0.05, 0.1) is 0 Å². The molecule has 0 saturated carbocycles. The Morgan fingerprint density at radius 2 is 1.67 bits per heavy atom. The van der Waals surface area contributed by atoms with Crippen molar-refractivity contribution in [2.75, 3.05) is 18.5 Å². The van der Waals surface area contributed by atoms with Gasteiger partial charge in [0.25, 0.3) is 0 Å². The van der Waals surface area contributed by atoms with E-state index in [2.05, 4.69) is 50.1 Å². The molecule has 0 radical (unpaired) electrons. The van der Waals surface area contributed by atoms with E-state index in [1.54, 1.807) is 0 Å². The lowest BCUT2D eigenvalue weighted by Gasteiger charge is -2.22. The second-order valence-corrected chi connectivity index (χ2v) is 4.65. The van der Waals surface area contributed by atoms with Crippen molar-refractivity contribution in [3.05, 3.63) is 29.8 Å². The highest BCUT2D eigenvalue weighted by Gasteiger charge is 2.04. The Morgan fingerprint density at radius 3 is 2.07 bits per heavy atom. The van der Waals surface area contributed by atoms with Crippen molar-refractivity contribution in [3.63, 3.8) is 0 Å². The molecule has 0 aromatic heterocycles. The van der Waals surface area contributed by atoms with Crippen LogP contribution < -0.4 is 10.6 Å². The van der Waals surface area contributed by atoms with Crippen LogP contribution in [0.25, 0.3) is 0 Å². The second-order valence-electron chi connectivity index (χ2n) is 4.65. The van der Waals surface area contributed by atoms with Crippen LogP contribution >= 0.6 is 0 Å². The topological polar surface area (TPSA) is 29.3 Å². The molecule has 0 fully saturated rings. The van der Waals surface area contributed by atoms with E-state index in [-0.39, 0.29) is 6.04 Å². The number of nitrogens with zero attached hydrogens (tertiary/aromatic N) is 1. The number of hydrogen-bond acceptors (Lipinski definition) is 2. The molecule has 0 heterocycles. The highest BCUT2D eigenvalue weighted by atomic mass is 15.1. The third-order valence-electron chi connectivity index (χ3n) is 2.50. The van der Waals surface area contributed by atoms with Crippen molar-refractivity contribution in [3.8, 4) is 0 Å². The van der Waals surface area contributed by atoms with Gasteiger partial charge in [-0.15, -0.1) is 0 Å². The predicted molar refractivity (Wildman–Crippen MR) is 67.2 cm³/mol. The molecule has 0 unspecified atom stereocenters. The third kappa shape index (κ3) is 3.56. The molecule has 1 rings (SSSR count). The molecule has 0 spiro atoms. The molecule has 15 heavy (non-hydrogen) atoms. The first-order chi connectivity index (χ1) is 7.00. The van der Waals surface area contributed by atoms with Gasteiger partial charge in [-0.2, -0.15) is 0 Å². The van der Waals surface area contributed by atoms with Gasteiger partial charge in [-0.3, -0.25) is 0 Å². The molecule has 84 valence electrons. The lowest BCUT2D eigenvalue weighted by Crippen LogP contribution is -2.22. The van der Waals surface area contributed by atoms with Gasteiger partial charge in [-0.25, -0.2) is 0 Å². The van der Waals surface area contributed by atoms with Gasteiger partial charge in [-0.05, 0) is 30.5 Å². The number of benzene rings is 1. The van der Waals surface area contributed by atoms with E-state index in [1.165, 1.54) is 11.3 Å². The van der Waals surface area contributed by atoms with Crippen LogP contribution in [0.2, 0.25) is 0 Å². The minimum atomic E-state index is 0.120. The second kappa shape index (κ2) is 5.17. The Morgan fingerprint density at radius 1 is 1.13 bits per heavy atom. The summed E-state index contributed by atoms with van der Waals surface area (Å²) in [6.45, 7) is 7.55. The molecule has 1 aromatic rings. The zero-order valence-electron chi connectivity index (χ0n) is 10.2. The summed E-state index contributed by atoms with van der Waals surface area (Å²) in [5.74, 6) is 0.683. The fraction of sp³-hybridized carbons (Fsp3) is 0.538. The van der Waals surface area contributed by atoms with E-state index in [0.29, 0.717) is 5.92 Å². The van der Waals surface area contributed by atoms with E-state index in [1.807, 2.05) is 6.92 Å². The standard InChI is InChI=1S/C13H22N2/c1-10(2)9-15(4)13-7-5-12(6-8-13)11(3)14/h5-8,10-11H,9,14H2,1-4H3/t11-/m0/s1. The number of nitrogens with two attached hydrogens (primary N) is 1. The Hall–Kier alpha value is -1.02. The first-order valence-corrected chi connectivity index (χ1v) is 5.57. The van der Waals surface area contributed by atoms with Crippen LogP contribution in [0.15, 0.2) is 24.3 Å². The maximum absolute atomic E-state index is 5.81. The first kappa shape index (κ1) is 12.1. The molecule has 2 nitrogen and oxygen atoms in total. The zero-order chi connectivity index (χ0) is 11.4. The Balaban J connectivity index is 2.71. The van der Waals surface area contributed by atoms with E-state index in [0.717, 1.165) is 6.54 Å². The van der Waals surface area contributed by atoms with E-state index in [9.17, 15) is 0 Å². The SMILES string of the molecule is CC(C)CN(C)c1ccc([C@H](C)N)cc1. The predicted octanol–water partition coefficient (Wildman–Crippen LogP) is 2.80. The fourth-order valence-corrected chi connectivity index (χ4v) is 1.69. The van der Waals surface area contributed by atoms with Crippen LogP contribution in [0, 0.1) is 5.92 Å². The van der Waals surface area contributed by atoms with Crippen LogP contribution in [-0.2, 0) is 0 Å². The average Bonchev–Trinajstić information content (AvgIpc) is 2.17. The number of hydrogen-bond donors (Lipinski definition) is 1. The summed E-state index contributed by atoms with van der Waals surface area (Å²) in [6, 6.07) is 8.62. The molecule has 0 saturated heterocycles. The van der Waals surface area contributed by atoms with E-state index >= 15 is 0 Å². The lowest BCUT2D eigenvalue weighted by molar-refractivity contribution is 0.638. The summed E-state index contributed by atoms with van der Waals surface area (Å²) in [5.41, 5.74) is 8.26. The van der Waals surface area contributed by atoms with Gasteiger partial charge in [-0.1, -0.05) is 26.0 Å². The van der Waals surface area contributed by atoms with Crippen molar-refractivity contribution in [1.82, 2.24) is 0 Å². The zero-order valence-corrected chi connectivity index (χ0v) is 10.2. The maximum Gasteiger partial charge on any atom is 0.0363 e. The highest BCUT2D eigenvalue weighted by molar-refractivity contribution is 5.47. The Kier molecular flexibility index (Phi) is 4.15. The van der Waals surface area contributed by atoms with Gasteiger partial charge < -0.3 is 10.6 Å². The molecule has 2 N–H and O–H groups in total. The molecule has 0 amide bonds. The summed E-state index contributed by atoms with van der Waals surface area (Å²) >= 11 is 0. The van der Waals surface area contributed by atoms with Crippen molar-refractivity contribution in [1.29, 1.82) is 0 Å². The van der Waals surface area contributed by atoms with Gasteiger partial charge in [0.1, 0.15) is 0 Å². The van der Waals surface area contributed by atoms with Gasteiger partial charge in [0.2, 0.25) is 0 Å². The minimum Gasteiger partial charge on any atom is -0.374 e. The summed E-state index contributed by atoms with van der Waals surface area (Å²) in [6.07, 6.45) is 0. The molecule has 0 aliphatic heterocycles. The largest absolute Gasteiger partial charge is 0.374 e. The Bertz CT molecular complexity index is 288. The van der Waals surface area contributed by atoms with E-state index < -0.39 is 0 Å². The molecule has 0 aliphatic carbocycles. The highest BCUT2D eigenvalue weighted by Crippen LogP contribution is 2.17. The molecule has 1 aromatic carbocycles. The third-order valence-corrected chi connectivity index (χ3v) is 2.50. The monoisotopic (exact) mass is 206 g/mol. The van der Waals surface area contributed by atoms with Crippen molar-refractivity contribution in [2.45, 2.75) is 26.8 Å². The van der Waals surface area contributed by atoms with Crippen LogP contribution in [0.3, 0.4) is 0 Å². The average molecular weight is 206 g/mol. The first-order valence-electron chi connectivity index (χ1n) is 5.57. The molecule has 0 bridgehead atoms. The van der Waals surface area contributed by atoms with Gasteiger partial charge >= 0.3 is 0 Å². The van der Waals surface area contributed by atoms with Crippen molar-refractivity contribution < 1.29 is 0 Å². The molecular weight excluding hydrogens is 184 g/mol.